The third-order valence-corrected chi connectivity index (χ3v) is 6.21. The quantitative estimate of drug-likeness (QED) is 0.260. The third-order valence-electron chi connectivity index (χ3n) is 6.21. The van der Waals surface area contributed by atoms with E-state index >= 15 is 4.39 Å². The molecule has 4 rings (SSSR count). The molecule has 11 nitrogen and oxygen atoms in total. The number of nitrogens with zero attached hydrogens (tertiary/aromatic N) is 3. The number of ether oxygens (including phenoxy) is 1. The molecule has 1 aliphatic heterocycles. The van der Waals surface area contributed by atoms with Crippen LogP contribution in [0, 0.1) is 11.6 Å². The number of carboxylic acid groups (broad SMARTS) is 1. The molecule has 39 heavy (non-hydrogen) atoms. The van der Waals surface area contributed by atoms with E-state index in [2.05, 4.69) is 25.9 Å². The Morgan fingerprint density at radius 3 is 2.49 bits per heavy atom. The number of benzene rings is 1. The normalized spacial score (nSPS) is 14.8. The number of nitrogens with two attached hydrogens (primary N) is 1. The second-order valence-electron chi connectivity index (χ2n) is 9.01. The van der Waals surface area contributed by atoms with Crippen LogP contribution in [-0.2, 0) is 11.2 Å². The van der Waals surface area contributed by atoms with Crippen molar-refractivity contribution in [3.63, 3.8) is 0 Å². The number of nitrogens with one attached hydrogen (secondary N) is 3. The van der Waals surface area contributed by atoms with Gasteiger partial charge in [-0.3, -0.25) is 4.79 Å². The summed E-state index contributed by atoms with van der Waals surface area (Å²) < 4.78 is 35.3. The molecule has 2 atom stereocenters. The van der Waals surface area contributed by atoms with Gasteiger partial charge in [0.1, 0.15) is 5.82 Å². The van der Waals surface area contributed by atoms with Gasteiger partial charge in [0.25, 0.3) is 5.91 Å². The smallest absolute Gasteiger partial charge is 0.404 e. The van der Waals surface area contributed by atoms with Crippen molar-refractivity contribution in [2.24, 2.45) is 5.73 Å². The SMILES string of the molecule is C[C@H](NC(=O)O)[C@H](Cc1ccccc1)Nc1nc(Nc2cnc(N3CCOCC3)c(F)c2)c(C(N)=O)cc1F. The van der Waals surface area contributed by atoms with Crippen LogP contribution in [0.5, 0.6) is 0 Å². The molecule has 3 aromatic rings. The van der Waals surface area contributed by atoms with Crippen molar-refractivity contribution in [2.75, 3.05) is 41.8 Å². The van der Waals surface area contributed by atoms with Crippen LogP contribution < -0.4 is 26.6 Å². The fourth-order valence-electron chi connectivity index (χ4n) is 4.21. The van der Waals surface area contributed by atoms with Crippen LogP contribution in [0.15, 0.2) is 48.7 Å². The molecule has 1 saturated heterocycles. The van der Waals surface area contributed by atoms with E-state index in [-0.39, 0.29) is 28.7 Å². The predicted octanol–water partition coefficient (Wildman–Crippen LogP) is 3.11. The molecule has 2 amide bonds. The predicted molar refractivity (Wildman–Crippen MR) is 141 cm³/mol. The van der Waals surface area contributed by atoms with Crippen LogP contribution >= 0.6 is 0 Å². The van der Waals surface area contributed by atoms with E-state index in [0.717, 1.165) is 11.6 Å². The Hall–Kier alpha value is -4.52. The molecule has 3 heterocycles. The summed E-state index contributed by atoms with van der Waals surface area (Å²) in [5, 5.41) is 17.3. The van der Waals surface area contributed by atoms with Crippen LogP contribution in [0.2, 0.25) is 0 Å². The third kappa shape index (κ3) is 7.08. The van der Waals surface area contributed by atoms with Crippen LogP contribution in [-0.4, -0.2) is 65.5 Å². The van der Waals surface area contributed by atoms with E-state index in [0.29, 0.717) is 32.7 Å². The minimum absolute atomic E-state index is 0.121. The Morgan fingerprint density at radius 2 is 1.85 bits per heavy atom. The first kappa shape index (κ1) is 27.5. The highest BCUT2D eigenvalue weighted by Crippen LogP contribution is 2.27. The van der Waals surface area contributed by atoms with Gasteiger partial charge in [0.15, 0.2) is 23.3 Å². The van der Waals surface area contributed by atoms with Crippen molar-refractivity contribution in [3.05, 3.63) is 71.4 Å². The highest BCUT2D eigenvalue weighted by atomic mass is 19.1. The second kappa shape index (κ2) is 12.3. The minimum Gasteiger partial charge on any atom is -0.465 e. The number of rotatable bonds is 10. The van der Waals surface area contributed by atoms with Crippen LogP contribution in [0.25, 0.3) is 0 Å². The maximum Gasteiger partial charge on any atom is 0.404 e. The van der Waals surface area contributed by atoms with E-state index in [1.165, 1.54) is 12.3 Å². The maximum absolute atomic E-state index is 15.1. The van der Waals surface area contributed by atoms with Crippen LogP contribution in [0.1, 0.15) is 22.8 Å². The summed E-state index contributed by atoms with van der Waals surface area (Å²) in [6.07, 6.45) is 0.465. The first-order valence-corrected chi connectivity index (χ1v) is 12.3. The van der Waals surface area contributed by atoms with Gasteiger partial charge in [-0.25, -0.2) is 23.5 Å². The molecule has 0 bridgehead atoms. The maximum atomic E-state index is 15.1. The van der Waals surface area contributed by atoms with Gasteiger partial charge >= 0.3 is 6.09 Å². The highest BCUT2D eigenvalue weighted by molar-refractivity contribution is 5.98. The number of morpholine rings is 1. The van der Waals surface area contributed by atoms with Crippen LogP contribution in [0.4, 0.5) is 36.7 Å². The zero-order valence-corrected chi connectivity index (χ0v) is 21.2. The Balaban J connectivity index is 1.62. The Morgan fingerprint density at radius 1 is 1.13 bits per heavy atom. The van der Waals surface area contributed by atoms with Gasteiger partial charge in [0.05, 0.1) is 36.7 Å². The lowest BCUT2D eigenvalue weighted by Gasteiger charge is -2.28. The molecule has 6 N–H and O–H groups in total. The lowest BCUT2D eigenvalue weighted by molar-refractivity contribution is 0.1000. The number of aromatic nitrogens is 2. The molecular formula is C26H29F2N7O4. The van der Waals surface area contributed by atoms with Gasteiger partial charge < -0.3 is 36.4 Å². The van der Waals surface area contributed by atoms with Crippen molar-refractivity contribution in [2.45, 2.75) is 25.4 Å². The Kier molecular flexibility index (Phi) is 8.71. The number of carbonyl (C=O) groups is 2. The summed E-state index contributed by atoms with van der Waals surface area (Å²) in [5.41, 5.74) is 6.24. The lowest BCUT2D eigenvalue weighted by atomic mass is 10.0. The summed E-state index contributed by atoms with van der Waals surface area (Å²) in [5.74, 6) is -2.63. The summed E-state index contributed by atoms with van der Waals surface area (Å²) in [7, 11) is 0. The molecule has 0 saturated carbocycles. The summed E-state index contributed by atoms with van der Waals surface area (Å²) in [6, 6.07) is 10.1. The molecule has 0 radical (unpaired) electrons. The molecule has 1 aromatic carbocycles. The average Bonchev–Trinajstić information content (AvgIpc) is 2.90. The first-order chi connectivity index (χ1) is 18.7. The Bertz CT molecular complexity index is 1320. The minimum atomic E-state index is -1.24. The molecule has 2 aromatic heterocycles. The average molecular weight is 542 g/mol. The van der Waals surface area contributed by atoms with Crippen molar-refractivity contribution in [1.29, 1.82) is 0 Å². The van der Waals surface area contributed by atoms with Crippen molar-refractivity contribution < 1.29 is 28.2 Å². The van der Waals surface area contributed by atoms with Crippen molar-refractivity contribution in [3.8, 4) is 0 Å². The van der Waals surface area contributed by atoms with Gasteiger partial charge in [0, 0.05) is 25.2 Å². The fraction of sp³-hybridized carbons (Fsp3) is 0.308. The number of carbonyl (C=O) groups excluding carboxylic acids is 1. The Labute approximate surface area is 223 Å². The van der Waals surface area contributed by atoms with Gasteiger partial charge in [-0.15, -0.1) is 0 Å². The monoisotopic (exact) mass is 541 g/mol. The molecule has 1 aliphatic rings. The van der Waals surface area contributed by atoms with E-state index < -0.39 is 35.7 Å². The molecular weight excluding hydrogens is 512 g/mol. The van der Waals surface area contributed by atoms with Gasteiger partial charge in [-0.05, 0) is 25.0 Å². The molecule has 0 aliphatic carbocycles. The standard InChI is InChI=1S/C26H29F2N7O4/c1-15(31-26(37)38)21(11-16-5-3-2-4-6-16)33-24-19(27)13-18(22(29)36)23(34-24)32-17-12-20(28)25(30-14-17)35-7-9-39-10-8-35/h2-6,12-15,21,31H,7-11H2,1H3,(H2,29,36)(H,37,38)(H2,32,33,34)/t15-,21-/m0/s1. The number of halogens is 2. The van der Waals surface area contributed by atoms with Crippen molar-refractivity contribution >= 4 is 35.1 Å². The zero-order valence-electron chi connectivity index (χ0n) is 21.2. The molecule has 206 valence electrons. The lowest BCUT2D eigenvalue weighted by Crippen LogP contribution is -2.45. The van der Waals surface area contributed by atoms with E-state index in [4.69, 9.17) is 10.5 Å². The van der Waals surface area contributed by atoms with E-state index in [1.54, 1.807) is 11.8 Å². The van der Waals surface area contributed by atoms with Gasteiger partial charge in [-0.2, -0.15) is 0 Å². The molecule has 1 fully saturated rings. The second-order valence-corrected chi connectivity index (χ2v) is 9.01. The number of hydrogen-bond acceptors (Lipinski definition) is 8. The summed E-state index contributed by atoms with van der Waals surface area (Å²) in [6.45, 7) is 3.55. The van der Waals surface area contributed by atoms with E-state index in [9.17, 15) is 19.1 Å². The molecule has 0 spiro atoms. The largest absolute Gasteiger partial charge is 0.465 e. The number of primary amides is 1. The highest BCUT2D eigenvalue weighted by Gasteiger charge is 2.24. The van der Waals surface area contributed by atoms with E-state index in [1.807, 2.05) is 30.3 Å². The van der Waals surface area contributed by atoms with Gasteiger partial charge in [0.2, 0.25) is 0 Å². The van der Waals surface area contributed by atoms with Crippen LogP contribution in [0.3, 0.4) is 0 Å². The van der Waals surface area contributed by atoms with Gasteiger partial charge in [-0.1, -0.05) is 30.3 Å². The number of hydrogen-bond donors (Lipinski definition) is 5. The number of pyridine rings is 2. The first-order valence-electron chi connectivity index (χ1n) is 12.3. The number of anilines is 4. The van der Waals surface area contributed by atoms with Crippen molar-refractivity contribution in [1.82, 2.24) is 15.3 Å². The summed E-state index contributed by atoms with van der Waals surface area (Å²) in [4.78, 5) is 33.5. The topological polar surface area (TPSA) is 155 Å². The fourth-order valence-corrected chi connectivity index (χ4v) is 4.21. The molecule has 13 heteroatoms. The number of amides is 2. The summed E-state index contributed by atoms with van der Waals surface area (Å²) >= 11 is 0. The molecule has 0 unspecified atom stereocenters. The zero-order chi connectivity index (χ0) is 27.9.